The fraction of sp³-hybridized carbons (Fsp3) is 0.250. The minimum Gasteiger partial charge on any atom is -0.544 e. The smallest absolute Gasteiger partial charge is 0.157 e. The number of nitrogens with one attached hydrogen (secondary N) is 1. The molecule has 2 heterocycles. The van der Waals surface area contributed by atoms with Crippen molar-refractivity contribution in [1.82, 2.24) is 4.98 Å². The van der Waals surface area contributed by atoms with E-state index in [-0.39, 0.29) is 6.04 Å². The van der Waals surface area contributed by atoms with Crippen LogP contribution in [0.15, 0.2) is 42.5 Å². The standard InChI is InChI=1S/C20H20N2O4/c1-25-11-7-8-13(17(9-11)26-2)18-19-14(10-16(22-18)20(23)24)12-5-3-4-6-15(12)21-19/h3-9,16,18,21-22H,10H2,1-2H3,(H,23,24)/t16-,18+/m1/s1. The van der Waals surface area contributed by atoms with Crippen LogP contribution in [0, 0.1) is 0 Å². The Morgan fingerprint density at radius 1 is 1.19 bits per heavy atom. The van der Waals surface area contributed by atoms with Crippen LogP contribution < -0.4 is 19.9 Å². The second kappa shape index (κ2) is 6.38. The van der Waals surface area contributed by atoms with Gasteiger partial charge in [-0.15, -0.1) is 0 Å². The fourth-order valence-electron chi connectivity index (χ4n) is 3.82. The molecule has 2 atom stereocenters. The molecule has 0 unspecified atom stereocenters. The van der Waals surface area contributed by atoms with Gasteiger partial charge in [-0.2, -0.15) is 0 Å². The third kappa shape index (κ3) is 2.59. The minimum absolute atomic E-state index is 0.227. The van der Waals surface area contributed by atoms with Crippen LogP contribution in [0.4, 0.5) is 0 Å². The SMILES string of the molecule is COc1ccc([C@@H]2[NH2+][C@@H](C(=O)[O-])Cc3c2[nH]c2ccccc32)c(OC)c1. The third-order valence-electron chi connectivity index (χ3n) is 5.08. The Kier molecular flexibility index (Phi) is 4.05. The van der Waals surface area contributed by atoms with Gasteiger partial charge in [0.25, 0.3) is 0 Å². The van der Waals surface area contributed by atoms with Gasteiger partial charge >= 0.3 is 0 Å². The molecule has 4 rings (SSSR count). The quantitative estimate of drug-likeness (QED) is 0.716. The molecule has 6 nitrogen and oxygen atoms in total. The molecule has 0 amide bonds. The highest BCUT2D eigenvalue weighted by Crippen LogP contribution is 2.36. The van der Waals surface area contributed by atoms with Crippen LogP contribution in [0.1, 0.15) is 22.9 Å². The second-order valence-corrected chi connectivity index (χ2v) is 6.47. The number of para-hydroxylation sites is 1. The predicted octanol–water partition coefficient (Wildman–Crippen LogP) is 0.513. The molecule has 1 aliphatic rings. The number of aromatic nitrogens is 1. The molecule has 6 heteroatoms. The van der Waals surface area contributed by atoms with E-state index in [4.69, 9.17) is 9.47 Å². The number of hydrogen-bond donors (Lipinski definition) is 2. The first-order valence-electron chi connectivity index (χ1n) is 8.49. The van der Waals surface area contributed by atoms with Crippen LogP contribution in [0.5, 0.6) is 11.5 Å². The van der Waals surface area contributed by atoms with Gasteiger partial charge in [-0.25, -0.2) is 0 Å². The van der Waals surface area contributed by atoms with Gasteiger partial charge in [-0.3, -0.25) is 0 Å². The molecule has 1 aliphatic heterocycles. The summed E-state index contributed by atoms with van der Waals surface area (Å²) in [6.07, 6.45) is 0.427. The number of benzene rings is 2. The molecule has 2 aromatic carbocycles. The van der Waals surface area contributed by atoms with Crippen LogP contribution in [0.2, 0.25) is 0 Å². The maximum absolute atomic E-state index is 11.7. The number of carboxylic acid groups (broad SMARTS) is 1. The lowest BCUT2D eigenvalue weighted by atomic mass is 9.90. The number of nitrogens with two attached hydrogens (primary N) is 1. The van der Waals surface area contributed by atoms with Gasteiger partial charge in [-0.1, -0.05) is 18.2 Å². The molecule has 26 heavy (non-hydrogen) atoms. The molecule has 3 N–H and O–H groups in total. The van der Waals surface area contributed by atoms with Crippen molar-refractivity contribution >= 4 is 16.9 Å². The number of aromatic amines is 1. The molecule has 134 valence electrons. The number of carboxylic acids is 1. The van der Waals surface area contributed by atoms with E-state index < -0.39 is 12.0 Å². The number of quaternary nitrogens is 1. The number of rotatable bonds is 4. The van der Waals surface area contributed by atoms with Gasteiger partial charge in [0.2, 0.25) is 0 Å². The third-order valence-corrected chi connectivity index (χ3v) is 5.08. The van der Waals surface area contributed by atoms with Crippen molar-refractivity contribution in [2.75, 3.05) is 14.2 Å². The molecule has 0 spiro atoms. The zero-order valence-corrected chi connectivity index (χ0v) is 14.6. The first-order chi connectivity index (χ1) is 12.6. The molecule has 0 radical (unpaired) electrons. The zero-order valence-electron chi connectivity index (χ0n) is 14.6. The number of H-pyrrole nitrogens is 1. The lowest BCUT2D eigenvalue weighted by Gasteiger charge is -2.29. The Balaban J connectivity index is 1.90. The van der Waals surface area contributed by atoms with Crippen molar-refractivity contribution in [3.63, 3.8) is 0 Å². The van der Waals surface area contributed by atoms with E-state index in [0.717, 1.165) is 27.7 Å². The van der Waals surface area contributed by atoms with Gasteiger partial charge in [0.15, 0.2) is 6.04 Å². The van der Waals surface area contributed by atoms with E-state index >= 15 is 0 Å². The summed E-state index contributed by atoms with van der Waals surface area (Å²) in [6.45, 7) is 0. The summed E-state index contributed by atoms with van der Waals surface area (Å²) in [5.74, 6) is 0.294. The van der Waals surface area contributed by atoms with Crippen molar-refractivity contribution in [3.05, 3.63) is 59.3 Å². The Labute approximate surface area is 150 Å². The first kappa shape index (κ1) is 16.5. The highest BCUT2D eigenvalue weighted by atomic mass is 16.5. The van der Waals surface area contributed by atoms with E-state index in [9.17, 15) is 9.90 Å². The van der Waals surface area contributed by atoms with Crippen molar-refractivity contribution in [1.29, 1.82) is 0 Å². The maximum atomic E-state index is 11.7. The molecular formula is C20H20N2O4. The Morgan fingerprint density at radius 2 is 2.00 bits per heavy atom. The summed E-state index contributed by atoms with van der Waals surface area (Å²) in [7, 11) is 3.20. The molecule has 0 saturated carbocycles. The van der Waals surface area contributed by atoms with Gasteiger partial charge in [0, 0.05) is 23.4 Å². The summed E-state index contributed by atoms with van der Waals surface area (Å²) in [5.41, 5.74) is 3.93. The molecule has 3 aromatic rings. The van der Waals surface area contributed by atoms with Crippen LogP contribution in [0.3, 0.4) is 0 Å². The summed E-state index contributed by atoms with van der Waals surface area (Å²) < 4.78 is 10.8. The molecule has 1 aromatic heterocycles. The molecule has 0 bridgehead atoms. The lowest BCUT2D eigenvalue weighted by molar-refractivity contribution is -0.717. The van der Waals surface area contributed by atoms with Crippen molar-refractivity contribution in [2.24, 2.45) is 0 Å². The van der Waals surface area contributed by atoms with Gasteiger partial charge < -0.3 is 29.7 Å². The number of methoxy groups -OCH3 is 2. The van der Waals surface area contributed by atoms with Gasteiger partial charge in [0.1, 0.15) is 17.5 Å². The molecule has 0 saturated heterocycles. The van der Waals surface area contributed by atoms with Gasteiger partial charge in [-0.05, 0) is 23.8 Å². The lowest BCUT2D eigenvalue weighted by Crippen LogP contribution is -2.95. The van der Waals surface area contributed by atoms with Crippen molar-refractivity contribution in [2.45, 2.75) is 18.5 Å². The minimum atomic E-state index is -1.06. The summed E-state index contributed by atoms with van der Waals surface area (Å²) in [6, 6.07) is 12.7. The number of ether oxygens (including phenoxy) is 2. The van der Waals surface area contributed by atoms with E-state index in [2.05, 4.69) is 4.98 Å². The molecular weight excluding hydrogens is 332 g/mol. The number of aliphatic carboxylic acids is 1. The number of carbonyl (C=O) groups is 1. The predicted molar refractivity (Wildman–Crippen MR) is 94.1 cm³/mol. The van der Waals surface area contributed by atoms with Crippen LogP contribution in [0.25, 0.3) is 10.9 Å². The number of fused-ring (bicyclic) bond motifs is 3. The van der Waals surface area contributed by atoms with E-state index in [1.54, 1.807) is 14.2 Å². The molecule has 0 aliphatic carbocycles. The number of carbonyl (C=O) groups excluding carboxylic acids is 1. The molecule has 0 fully saturated rings. The second-order valence-electron chi connectivity index (χ2n) is 6.47. The summed E-state index contributed by atoms with van der Waals surface area (Å²) >= 11 is 0. The largest absolute Gasteiger partial charge is 0.544 e. The maximum Gasteiger partial charge on any atom is 0.157 e. The van der Waals surface area contributed by atoms with Crippen LogP contribution in [-0.4, -0.2) is 31.2 Å². The average molecular weight is 352 g/mol. The highest BCUT2D eigenvalue weighted by Gasteiger charge is 2.36. The normalized spacial score (nSPS) is 19.2. The first-order valence-corrected chi connectivity index (χ1v) is 8.49. The van der Waals surface area contributed by atoms with Crippen LogP contribution in [-0.2, 0) is 11.2 Å². The van der Waals surface area contributed by atoms with Crippen molar-refractivity contribution in [3.8, 4) is 11.5 Å². The summed E-state index contributed by atoms with van der Waals surface area (Å²) in [5, 5.41) is 14.5. The Morgan fingerprint density at radius 3 is 2.73 bits per heavy atom. The fourth-order valence-corrected chi connectivity index (χ4v) is 3.82. The average Bonchev–Trinajstić information content (AvgIpc) is 3.05. The topological polar surface area (TPSA) is 91.0 Å². The van der Waals surface area contributed by atoms with Crippen LogP contribution >= 0.6 is 0 Å². The summed E-state index contributed by atoms with van der Waals surface area (Å²) in [4.78, 5) is 15.1. The van der Waals surface area contributed by atoms with Crippen molar-refractivity contribution < 1.29 is 24.7 Å². The highest BCUT2D eigenvalue weighted by molar-refractivity contribution is 5.86. The van der Waals surface area contributed by atoms with E-state index in [1.807, 2.05) is 47.8 Å². The Hall–Kier alpha value is -2.99. The Bertz CT molecular complexity index is 979. The van der Waals surface area contributed by atoms with Gasteiger partial charge in [0.05, 0.1) is 31.4 Å². The van der Waals surface area contributed by atoms with E-state index in [0.29, 0.717) is 17.9 Å². The zero-order chi connectivity index (χ0) is 18.3. The number of hydrogen-bond acceptors (Lipinski definition) is 4. The monoisotopic (exact) mass is 352 g/mol. The van der Waals surface area contributed by atoms with E-state index in [1.165, 1.54) is 0 Å².